The van der Waals surface area contributed by atoms with Gasteiger partial charge in [-0.15, -0.1) is 24.0 Å². The van der Waals surface area contributed by atoms with Crippen molar-refractivity contribution >= 4 is 29.9 Å². The molecule has 0 atom stereocenters. The lowest BCUT2D eigenvalue weighted by atomic mass is 10.3. The lowest BCUT2D eigenvalue weighted by Crippen LogP contribution is -2.38. The maximum atomic E-state index is 5.35. The lowest BCUT2D eigenvalue weighted by Gasteiger charge is -2.11. The highest BCUT2D eigenvalue weighted by atomic mass is 127. The predicted octanol–water partition coefficient (Wildman–Crippen LogP) is 2.98. The van der Waals surface area contributed by atoms with Crippen LogP contribution in [0.1, 0.15) is 37.2 Å². The van der Waals surface area contributed by atoms with Crippen molar-refractivity contribution in [3.05, 3.63) is 41.3 Å². The first kappa shape index (κ1) is 23.4. The Bertz CT molecular complexity index is 699. The molecule has 0 aromatic carbocycles. The molecule has 2 N–H and O–H groups in total. The van der Waals surface area contributed by atoms with E-state index in [2.05, 4.69) is 32.6 Å². The molecule has 0 amide bonds. The molecule has 2 rings (SSSR count). The van der Waals surface area contributed by atoms with Gasteiger partial charge < -0.3 is 15.4 Å². The van der Waals surface area contributed by atoms with Crippen molar-refractivity contribution in [2.75, 3.05) is 26.3 Å². The van der Waals surface area contributed by atoms with Crippen molar-refractivity contribution in [1.82, 2.24) is 25.4 Å². The number of nitrogens with zero attached hydrogens (tertiary/aromatic N) is 4. The number of pyridine rings is 1. The number of aryl methyl sites for hydroxylation is 2. The van der Waals surface area contributed by atoms with Crippen LogP contribution in [0.4, 0.5) is 0 Å². The Balaban J connectivity index is 0.00000364. The summed E-state index contributed by atoms with van der Waals surface area (Å²) in [5.74, 6) is 1.64. The summed E-state index contributed by atoms with van der Waals surface area (Å²) in [7, 11) is 0. The summed E-state index contributed by atoms with van der Waals surface area (Å²) < 4.78 is 7.20. The zero-order valence-corrected chi connectivity index (χ0v) is 19.0. The standard InChI is InChI=1S/C19H30N6O.HI/c1-5-20-19(21-10-7-11-26-6-2)23-14-17-8-9-18(22-13-17)25-16(4)12-15(3)24-25;/h8-9,12-13H,5-7,10-11,14H2,1-4H3,(H2,20,21,23);1H. The average molecular weight is 486 g/mol. The van der Waals surface area contributed by atoms with Crippen molar-refractivity contribution in [3.63, 3.8) is 0 Å². The molecule has 0 aliphatic rings. The Morgan fingerprint density at radius 1 is 1.22 bits per heavy atom. The van der Waals surface area contributed by atoms with Gasteiger partial charge in [-0.05, 0) is 51.8 Å². The highest BCUT2D eigenvalue weighted by Gasteiger charge is 2.05. The van der Waals surface area contributed by atoms with Crippen LogP contribution in [-0.2, 0) is 11.3 Å². The molecule has 0 fully saturated rings. The molecule has 150 valence electrons. The fourth-order valence-electron chi connectivity index (χ4n) is 2.53. The summed E-state index contributed by atoms with van der Waals surface area (Å²) >= 11 is 0. The van der Waals surface area contributed by atoms with Gasteiger partial charge in [0.05, 0.1) is 12.2 Å². The first-order valence-corrected chi connectivity index (χ1v) is 9.22. The third kappa shape index (κ3) is 7.84. The minimum atomic E-state index is 0. The van der Waals surface area contributed by atoms with E-state index in [1.165, 1.54) is 0 Å². The van der Waals surface area contributed by atoms with Crippen LogP contribution in [-0.4, -0.2) is 47.0 Å². The van der Waals surface area contributed by atoms with Crippen LogP contribution >= 0.6 is 24.0 Å². The third-order valence-corrected chi connectivity index (χ3v) is 3.76. The van der Waals surface area contributed by atoms with E-state index >= 15 is 0 Å². The second kappa shape index (κ2) is 12.7. The normalized spacial score (nSPS) is 11.2. The topological polar surface area (TPSA) is 76.4 Å². The molecule has 0 saturated carbocycles. The van der Waals surface area contributed by atoms with Crippen LogP contribution in [0.5, 0.6) is 0 Å². The number of rotatable bonds is 9. The maximum absolute atomic E-state index is 5.35. The number of halogens is 1. The Labute approximate surface area is 179 Å². The summed E-state index contributed by atoms with van der Waals surface area (Å²) in [5.41, 5.74) is 3.12. The fourth-order valence-corrected chi connectivity index (χ4v) is 2.53. The van der Waals surface area contributed by atoms with E-state index in [-0.39, 0.29) is 24.0 Å². The molecular formula is C19H31IN6O. The molecule has 0 aliphatic carbocycles. The zero-order chi connectivity index (χ0) is 18.8. The average Bonchev–Trinajstić information content (AvgIpc) is 2.98. The molecule has 0 unspecified atom stereocenters. The molecule has 2 aromatic rings. The van der Waals surface area contributed by atoms with Crippen LogP contribution in [0, 0.1) is 13.8 Å². The minimum Gasteiger partial charge on any atom is -0.382 e. The van der Waals surface area contributed by atoms with E-state index in [0.29, 0.717) is 6.54 Å². The summed E-state index contributed by atoms with van der Waals surface area (Å²) in [6.45, 7) is 11.8. The van der Waals surface area contributed by atoms with Gasteiger partial charge >= 0.3 is 0 Å². The third-order valence-electron chi connectivity index (χ3n) is 3.76. The Morgan fingerprint density at radius 3 is 2.63 bits per heavy atom. The smallest absolute Gasteiger partial charge is 0.191 e. The summed E-state index contributed by atoms with van der Waals surface area (Å²) in [5, 5.41) is 11.0. The van der Waals surface area contributed by atoms with E-state index < -0.39 is 0 Å². The van der Waals surface area contributed by atoms with E-state index in [9.17, 15) is 0 Å². The highest BCUT2D eigenvalue weighted by Crippen LogP contribution is 2.10. The number of hydrogen-bond acceptors (Lipinski definition) is 4. The van der Waals surface area contributed by atoms with E-state index in [0.717, 1.165) is 61.5 Å². The van der Waals surface area contributed by atoms with Gasteiger partial charge in [-0.25, -0.2) is 14.7 Å². The molecule has 7 nitrogen and oxygen atoms in total. The van der Waals surface area contributed by atoms with Crippen LogP contribution < -0.4 is 10.6 Å². The van der Waals surface area contributed by atoms with Crippen molar-refractivity contribution in [1.29, 1.82) is 0 Å². The number of hydrogen-bond donors (Lipinski definition) is 2. The molecule has 0 bridgehead atoms. The summed E-state index contributed by atoms with van der Waals surface area (Å²) in [6, 6.07) is 6.06. The number of aliphatic imine (C=N–C) groups is 1. The molecule has 0 spiro atoms. The Hall–Kier alpha value is -1.68. The first-order chi connectivity index (χ1) is 12.6. The molecule has 27 heavy (non-hydrogen) atoms. The van der Waals surface area contributed by atoms with Crippen LogP contribution in [0.2, 0.25) is 0 Å². The van der Waals surface area contributed by atoms with Gasteiger partial charge in [-0.3, -0.25) is 0 Å². The second-order valence-corrected chi connectivity index (χ2v) is 6.04. The molecular weight excluding hydrogens is 455 g/mol. The van der Waals surface area contributed by atoms with Crippen molar-refractivity contribution < 1.29 is 4.74 Å². The first-order valence-electron chi connectivity index (χ1n) is 9.22. The molecule has 8 heteroatoms. The molecule has 0 radical (unpaired) electrons. The summed E-state index contributed by atoms with van der Waals surface area (Å²) in [4.78, 5) is 9.13. The quantitative estimate of drug-likeness (QED) is 0.247. The molecule has 0 saturated heterocycles. The van der Waals surface area contributed by atoms with Crippen LogP contribution in [0.3, 0.4) is 0 Å². The molecule has 0 aliphatic heterocycles. The van der Waals surface area contributed by atoms with Gasteiger partial charge in [0.15, 0.2) is 11.8 Å². The molecule has 2 aromatic heterocycles. The largest absolute Gasteiger partial charge is 0.382 e. The van der Waals surface area contributed by atoms with Crippen molar-refractivity contribution in [2.24, 2.45) is 4.99 Å². The lowest BCUT2D eigenvalue weighted by molar-refractivity contribution is 0.145. The van der Waals surface area contributed by atoms with Crippen LogP contribution in [0.25, 0.3) is 5.82 Å². The van der Waals surface area contributed by atoms with Gasteiger partial charge in [0.2, 0.25) is 0 Å². The number of aromatic nitrogens is 3. The number of guanidine groups is 1. The maximum Gasteiger partial charge on any atom is 0.191 e. The number of ether oxygens (including phenoxy) is 1. The number of nitrogens with one attached hydrogen (secondary N) is 2. The van der Waals surface area contributed by atoms with Gasteiger partial charge in [-0.1, -0.05) is 6.07 Å². The zero-order valence-electron chi connectivity index (χ0n) is 16.7. The second-order valence-electron chi connectivity index (χ2n) is 6.04. The fraction of sp³-hybridized carbons (Fsp3) is 0.526. The van der Waals surface area contributed by atoms with Crippen molar-refractivity contribution in [3.8, 4) is 5.82 Å². The highest BCUT2D eigenvalue weighted by molar-refractivity contribution is 14.0. The molecule has 2 heterocycles. The Morgan fingerprint density at radius 2 is 2.04 bits per heavy atom. The van der Waals surface area contributed by atoms with Gasteiger partial charge in [0.1, 0.15) is 0 Å². The Kier molecular flexibility index (Phi) is 11.0. The summed E-state index contributed by atoms with van der Waals surface area (Å²) in [6.07, 6.45) is 2.81. The predicted molar refractivity (Wildman–Crippen MR) is 120 cm³/mol. The van der Waals surface area contributed by atoms with Crippen LogP contribution in [0.15, 0.2) is 29.4 Å². The van der Waals surface area contributed by atoms with E-state index in [1.54, 1.807) is 0 Å². The van der Waals surface area contributed by atoms with E-state index in [1.807, 2.05) is 49.8 Å². The monoisotopic (exact) mass is 486 g/mol. The van der Waals surface area contributed by atoms with Gasteiger partial charge in [0, 0.05) is 38.2 Å². The van der Waals surface area contributed by atoms with Gasteiger partial charge in [0.25, 0.3) is 0 Å². The van der Waals surface area contributed by atoms with E-state index in [4.69, 9.17) is 4.74 Å². The van der Waals surface area contributed by atoms with Crippen molar-refractivity contribution in [2.45, 2.75) is 40.7 Å². The van der Waals surface area contributed by atoms with Gasteiger partial charge in [-0.2, -0.15) is 5.10 Å². The SMILES string of the molecule is CCNC(=NCc1ccc(-n2nc(C)cc2C)nc1)NCCCOCC.I. The minimum absolute atomic E-state index is 0.